The highest BCUT2D eigenvalue weighted by molar-refractivity contribution is 7.15. The number of anilines is 1. The number of hydrogen-bond donors (Lipinski definition) is 1. The molecule has 1 aliphatic heterocycles. The van der Waals surface area contributed by atoms with Crippen LogP contribution in [0.2, 0.25) is 0 Å². The normalized spacial score (nSPS) is 16.3. The van der Waals surface area contributed by atoms with E-state index in [2.05, 4.69) is 9.88 Å². The van der Waals surface area contributed by atoms with Gasteiger partial charge in [0.2, 0.25) is 0 Å². The number of nitrogen functional groups attached to an aromatic ring is 1. The Kier molecular flexibility index (Phi) is 4.23. The van der Waals surface area contributed by atoms with E-state index in [-0.39, 0.29) is 5.91 Å². The highest BCUT2D eigenvalue weighted by Crippen LogP contribution is 2.22. The van der Waals surface area contributed by atoms with Crippen molar-refractivity contribution in [3.05, 3.63) is 33.0 Å². The van der Waals surface area contributed by atoms with Gasteiger partial charge in [-0.1, -0.05) is 6.07 Å². The number of aryl methyl sites for hydroxylation is 1. The summed E-state index contributed by atoms with van der Waals surface area (Å²) in [6, 6.07) is 3.81. The van der Waals surface area contributed by atoms with E-state index in [4.69, 9.17) is 5.73 Å². The zero-order valence-corrected chi connectivity index (χ0v) is 13.5. The molecule has 7 heteroatoms. The van der Waals surface area contributed by atoms with Gasteiger partial charge < -0.3 is 10.6 Å². The molecule has 1 aliphatic rings. The molecule has 2 N–H and O–H groups in total. The molecule has 0 bridgehead atoms. The number of carbonyl (C=O) groups is 1. The second-order valence-corrected chi connectivity index (χ2v) is 7.17. The number of rotatable bonds is 3. The first-order chi connectivity index (χ1) is 10.1. The maximum absolute atomic E-state index is 12.3. The van der Waals surface area contributed by atoms with Crippen molar-refractivity contribution in [2.24, 2.45) is 0 Å². The summed E-state index contributed by atoms with van der Waals surface area (Å²) >= 11 is 3.07. The maximum atomic E-state index is 12.3. The van der Waals surface area contributed by atoms with E-state index in [1.54, 1.807) is 11.3 Å². The van der Waals surface area contributed by atoms with Gasteiger partial charge in [0.1, 0.15) is 0 Å². The second kappa shape index (κ2) is 6.13. The van der Waals surface area contributed by atoms with Gasteiger partial charge in [-0.15, -0.1) is 22.7 Å². The number of amides is 1. The van der Waals surface area contributed by atoms with Crippen molar-refractivity contribution in [1.82, 2.24) is 14.8 Å². The fraction of sp³-hybridized carbons (Fsp3) is 0.429. The van der Waals surface area contributed by atoms with Gasteiger partial charge in [-0.05, 0) is 18.4 Å². The first kappa shape index (κ1) is 14.5. The lowest BCUT2D eigenvalue weighted by molar-refractivity contribution is 0.0634. The summed E-state index contributed by atoms with van der Waals surface area (Å²) in [7, 11) is 0. The van der Waals surface area contributed by atoms with Crippen molar-refractivity contribution >= 4 is 33.7 Å². The van der Waals surface area contributed by atoms with Crippen LogP contribution in [-0.4, -0.2) is 46.9 Å². The molecule has 1 saturated heterocycles. The maximum Gasteiger partial charge on any atom is 0.264 e. The highest BCUT2D eigenvalue weighted by Gasteiger charge is 2.23. The largest absolute Gasteiger partial charge is 0.375 e. The van der Waals surface area contributed by atoms with E-state index in [9.17, 15) is 4.79 Å². The van der Waals surface area contributed by atoms with Crippen molar-refractivity contribution in [2.45, 2.75) is 13.5 Å². The van der Waals surface area contributed by atoms with E-state index in [1.165, 1.54) is 16.2 Å². The minimum absolute atomic E-state index is 0.155. The van der Waals surface area contributed by atoms with E-state index in [1.807, 2.05) is 29.3 Å². The smallest absolute Gasteiger partial charge is 0.264 e. The Hall–Kier alpha value is -1.44. The molecular formula is C14H18N4OS2. The van der Waals surface area contributed by atoms with Crippen LogP contribution in [0.4, 0.5) is 5.13 Å². The lowest BCUT2D eigenvalue weighted by Gasteiger charge is -2.34. The number of thiazole rings is 1. The third-order valence-corrected chi connectivity index (χ3v) is 5.50. The Morgan fingerprint density at radius 2 is 2.14 bits per heavy atom. The molecule has 3 rings (SSSR count). The van der Waals surface area contributed by atoms with Gasteiger partial charge in [-0.3, -0.25) is 9.69 Å². The van der Waals surface area contributed by atoms with Crippen LogP contribution in [0.25, 0.3) is 0 Å². The minimum Gasteiger partial charge on any atom is -0.375 e. The molecule has 3 heterocycles. The molecular weight excluding hydrogens is 304 g/mol. The molecule has 21 heavy (non-hydrogen) atoms. The number of nitrogens with zero attached hydrogens (tertiary/aromatic N) is 3. The predicted octanol–water partition coefficient (Wildman–Crippen LogP) is 2.05. The third kappa shape index (κ3) is 3.25. The van der Waals surface area contributed by atoms with Crippen LogP contribution in [0.15, 0.2) is 17.5 Å². The summed E-state index contributed by atoms with van der Waals surface area (Å²) in [5, 5.41) is 2.58. The quantitative estimate of drug-likeness (QED) is 0.939. The summed E-state index contributed by atoms with van der Waals surface area (Å²) < 4.78 is 0. The average Bonchev–Trinajstić information content (AvgIpc) is 3.10. The zero-order chi connectivity index (χ0) is 14.8. The molecule has 112 valence electrons. The Balaban J connectivity index is 1.56. The Morgan fingerprint density at radius 3 is 2.71 bits per heavy atom. The number of piperazine rings is 1. The van der Waals surface area contributed by atoms with Gasteiger partial charge >= 0.3 is 0 Å². The molecule has 1 amide bonds. The lowest BCUT2D eigenvalue weighted by Crippen LogP contribution is -2.48. The van der Waals surface area contributed by atoms with E-state index in [0.717, 1.165) is 43.3 Å². The van der Waals surface area contributed by atoms with Crippen LogP contribution in [0.1, 0.15) is 20.2 Å². The molecule has 0 aromatic carbocycles. The molecule has 0 spiro atoms. The summed E-state index contributed by atoms with van der Waals surface area (Å²) in [4.78, 5) is 22.9. The second-order valence-electron chi connectivity index (χ2n) is 5.11. The van der Waals surface area contributed by atoms with E-state index < -0.39 is 0 Å². The number of hydrogen-bond acceptors (Lipinski definition) is 6. The fourth-order valence-corrected chi connectivity index (χ4v) is 4.03. The molecule has 2 aromatic heterocycles. The fourth-order valence-electron chi connectivity index (χ4n) is 2.47. The molecule has 0 radical (unpaired) electrons. The number of nitrogens with two attached hydrogens (primary N) is 1. The van der Waals surface area contributed by atoms with Gasteiger partial charge in [0.05, 0.1) is 10.6 Å². The van der Waals surface area contributed by atoms with Gasteiger partial charge in [0.25, 0.3) is 5.91 Å². The summed E-state index contributed by atoms with van der Waals surface area (Å²) in [6.07, 6.45) is 0. The van der Waals surface area contributed by atoms with Crippen LogP contribution in [0.5, 0.6) is 0 Å². The van der Waals surface area contributed by atoms with Crippen LogP contribution in [0, 0.1) is 6.92 Å². The van der Waals surface area contributed by atoms with Crippen molar-refractivity contribution in [2.75, 3.05) is 31.9 Å². The van der Waals surface area contributed by atoms with Crippen LogP contribution in [0.3, 0.4) is 0 Å². The minimum atomic E-state index is 0.155. The molecule has 0 saturated carbocycles. The molecule has 1 fully saturated rings. The van der Waals surface area contributed by atoms with Crippen molar-refractivity contribution in [1.29, 1.82) is 0 Å². The standard InChI is InChI=1S/C14H18N4OS2/c1-10-12(21-14(15)16-10)9-17-4-6-18(7-5-17)13(19)11-3-2-8-20-11/h2-3,8H,4-7,9H2,1H3,(H2,15,16). The van der Waals surface area contributed by atoms with Crippen LogP contribution >= 0.6 is 22.7 Å². The number of aromatic nitrogens is 1. The highest BCUT2D eigenvalue weighted by atomic mass is 32.1. The van der Waals surface area contributed by atoms with Crippen molar-refractivity contribution in [3.8, 4) is 0 Å². The summed E-state index contributed by atoms with van der Waals surface area (Å²) in [5.74, 6) is 0.155. The van der Waals surface area contributed by atoms with Gasteiger partial charge in [-0.25, -0.2) is 4.98 Å². The summed E-state index contributed by atoms with van der Waals surface area (Å²) in [6.45, 7) is 6.23. The zero-order valence-electron chi connectivity index (χ0n) is 11.9. The first-order valence-electron chi connectivity index (χ1n) is 6.90. The Labute approximate surface area is 132 Å². The molecule has 0 atom stereocenters. The van der Waals surface area contributed by atoms with Crippen molar-refractivity contribution in [3.63, 3.8) is 0 Å². The van der Waals surface area contributed by atoms with Gasteiger partial charge in [0.15, 0.2) is 5.13 Å². The average molecular weight is 322 g/mol. The molecule has 0 aliphatic carbocycles. The lowest BCUT2D eigenvalue weighted by atomic mass is 10.2. The van der Waals surface area contributed by atoms with Gasteiger partial charge in [-0.2, -0.15) is 0 Å². The molecule has 0 unspecified atom stereocenters. The number of carbonyl (C=O) groups excluding carboxylic acids is 1. The Bertz CT molecular complexity index is 615. The molecule has 2 aromatic rings. The molecule has 5 nitrogen and oxygen atoms in total. The third-order valence-electron chi connectivity index (χ3n) is 3.67. The van der Waals surface area contributed by atoms with Crippen molar-refractivity contribution < 1.29 is 4.79 Å². The van der Waals surface area contributed by atoms with Crippen LogP contribution in [-0.2, 0) is 6.54 Å². The first-order valence-corrected chi connectivity index (χ1v) is 8.60. The van der Waals surface area contributed by atoms with E-state index in [0.29, 0.717) is 5.13 Å². The topological polar surface area (TPSA) is 62.5 Å². The SMILES string of the molecule is Cc1nc(N)sc1CN1CCN(C(=O)c2cccs2)CC1. The monoisotopic (exact) mass is 322 g/mol. The Morgan fingerprint density at radius 1 is 1.38 bits per heavy atom. The van der Waals surface area contributed by atoms with Gasteiger partial charge in [0, 0.05) is 37.6 Å². The van der Waals surface area contributed by atoms with E-state index >= 15 is 0 Å². The predicted molar refractivity (Wildman–Crippen MR) is 86.8 cm³/mol. The summed E-state index contributed by atoms with van der Waals surface area (Å²) in [5.41, 5.74) is 6.76. The van der Waals surface area contributed by atoms with Crippen LogP contribution < -0.4 is 5.73 Å². The number of thiophene rings is 1.